The van der Waals surface area contributed by atoms with E-state index in [1.807, 2.05) is 7.05 Å². The molecule has 0 fully saturated rings. The van der Waals surface area contributed by atoms with Gasteiger partial charge in [0.25, 0.3) is 0 Å². The van der Waals surface area contributed by atoms with Crippen LogP contribution in [0.1, 0.15) is 24.5 Å². The fourth-order valence-corrected chi connectivity index (χ4v) is 1.84. The SMILES string of the molecule is CNCc1nc(COCC(C)C)cs1. The molecule has 1 N–H and O–H groups in total. The van der Waals surface area contributed by atoms with Crippen LogP contribution in [0.15, 0.2) is 5.38 Å². The van der Waals surface area contributed by atoms with Crippen molar-refractivity contribution in [2.24, 2.45) is 5.92 Å². The predicted octanol–water partition coefficient (Wildman–Crippen LogP) is 2.04. The molecule has 0 saturated carbocycles. The molecule has 1 aromatic rings. The predicted molar refractivity (Wildman–Crippen MR) is 59.4 cm³/mol. The van der Waals surface area contributed by atoms with Crippen LogP contribution < -0.4 is 5.32 Å². The number of ether oxygens (including phenoxy) is 1. The maximum atomic E-state index is 5.50. The molecule has 1 heterocycles. The van der Waals surface area contributed by atoms with Gasteiger partial charge < -0.3 is 10.1 Å². The van der Waals surface area contributed by atoms with Gasteiger partial charge in [-0.05, 0) is 13.0 Å². The molecule has 4 heteroatoms. The van der Waals surface area contributed by atoms with Gasteiger partial charge in [0.05, 0.1) is 12.3 Å². The van der Waals surface area contributed by atoms with E-state index in [2.05, 4.69) is 29.5 Å². The standard InChI is InChI=1S/C10H18N2OS/c1-8(2)5-13-6-9-7-14-10(12-9)4-11-3/h7-8,11H,4-6H2,1-3H3. The van der Waals surface area contributed by atoms with Crippen LogP contribution in [0.2, 0.25) is 0 Å². The van der Waals surface area contributed by atoms with Crippen LogP contribution >= 0.6 is 11.3 Å². The van der Waals surface area contributed by atoms with Crippen molar-refractivity contribution < 1.29 is 4.74 Å². The summed E-state index contributed by atoms with van der Waals surface area (Å²) in [6.07, 6.45) is 0. The van der Waals surface area contributed by atoms with Crippen molar-refractivity contribution in [2.45, 2.75) is 27.0 Å². The molecule has 1 rings (SSSR count). The van der Waals surface area contributed by atoms with Crippen LogP contribution in [-0.4, -0.2) is 18.6 Å². The summed E-state index contributed by atoms with van der Waals surface area (Å²) in [6, 6.07) is 0. The summed E-state index contributed by atoms with van der Waals surface area (Å²) in [5.41, 5.74) is 1.04. The Morgan fingerprint density at radius 3 is 3.00 bits per heavy atom. The van der Waals surface area contributed by atoms with Crippen molar-refractivity contribution in [1.29, 1.82) is 0 Å². The molecule has 0 saturated heterocycles. The first-order chi connectivity index (χ1) is 6.72. The van der Waals surface area contributed by atoms with Gasteiger partial charge in [0, 0.05) is 18.5 Å². The molecule has 0 atom stereocenters. The minimum atomic E-state index is 0.588. The molecule has 0 spiro atoms. The summed E-state index contributed by atoms with van der Waals surface area (Å²) in [6.45, 7) is 6.58. The van der Waals surface area contributed by atoms with Gasteiger partial charge in [-0.25, -0.2) is 4.98 Å². The van der Waals surface area contributed by atoms with Crippen molar-refractivity contribution in [3.8, 4) is 0 Å². The van der Waals surface area contributed by atoms with Gasteiger partial charge in [0.2, 0.25) is 0 Å². The van der Waals surface area contributed by atoms with Crippen LogP contribution in [0, 0.1) is 5.92 Å². The van der Waals surface area contributed by atoms with Gasteiger partial charge in [-0.2, -0.15) is 0 Å². The van der Waals surface area contributed by atoms with Gasteiger partial charge in [-0.3, -0.25) is 0 Å². The molecule has 14 heavy (non-hydrogen) atoms. The molecule has 0 aliphatic heterocycles. The summed E-state index contributed by atoms with van der Waals surface area (Å²) in [4.78, 5) is 4.43. The molecule has 3 nitrogen and oxygen atoms in total. The van der Waals surface area contributed by atoms with E-state index >= 15 is 0 Å². The number of nitrogens with zero attached hydrogens (tertiary/aromatic N) is 1. The van der Waals surface area contributed by atoms with Gasteiger partial charge in [0.1, 0.15) is 5.01 Å². The van der Waals surface area contributed by atoms with Crippen LogP contribution in [0.5, 0.6) is 0 Å². The molecule has 80 valence electrons. The molecule has 1 aromatic heterocycles. The Hall–Kier alpha value is -0.450. The highest BCUT2D eigenvalue weighted by molar-refractivity contribution is 7.09. The Balaban J connectivity index is 2.28. The van der Waals surface area contributed by atoms with E-state index in [4.69, 9.17) is 4.74 Å². The topological polar surface area (TPSA) is 34.2 Å². The molecule has 0 amide bonds. The number of nitrogens with one attached hydrogen (secondary N) is 1. The smallest absolute Gasteiger partial charge is 0.107 e. The fourth-order valence-electron chi connectivity index (χ4n) is 1.05. The quantitative estimate of drug-likeness (QED) is 0.787. The molecule has 0 bridgehead atoms. The Morgan fingerprint density at radius 1 is 1.57 bits per heavy atom. The lowest BCUT2D eigenvalue weighted by Gasteiger charge is -2.04. The highest BCUT2D eigenvalue weighted by Gasteiger charge is 2.01. The summed E-state index contributed by atoms with van der Waals surface area (Å²) >= 11 is 1.68. The molecular weight excluding hydrogens is 196 g/mol. The average Bonchev–Trinajstić information content (AvgIpc) is 2.53. The number of thiazole rings is 1. The molecule has 0 aromatic carbocycles. The minimum absolute atomic E-state index is 0.588. The van der Waals surface area contributed by atoms with E-state index < -0.39 is 0 Å². The number of rotatable bonds is 6. The second-order valence-corrected chi connectivity index (χ2v) is 4.61. The van der Waals surface area contributed by atoms with E-state index in [1.165, 1.54) is 0 Å². The van der Waals surface area contributed by atoms with Crippen LogP contribution in [0.3, 0.4) is 0 Å². The van der Waals surface area contributed by atoms with Gasteiger partial charge in [-0.1, -0.05) is 13.8 Å². The maximum absolute atomic E-state index is 5.50. The summed E-state index contributed by atoms with van der Waals surface area (Å²) in [5, 5.41) is 6.26. The van der Waals surface area contributed by atoms with Gasteiger partial charge in [-0.15, -0.1) is 11.3 Å². The second kappa shape index (κ2) is 6.11. The lowest BCUT2D eigenvalue weighted by Crippen LogP contribution is -2.05. The van der Waals surface area contributed by atoms with E-state index in [9.17, 15) is 0 Å². The number of hydrogen-bond donors (Lipinski definition) is 1. The zero-order valence-corrected chi connectivity index (χ0v) is 9.86. The van der Waals surface area contributed by atoms with Crippen molar-refractivity contribution in [1.82, 2.24) is 10.3 Å². The van der Waals surface area contributed by atoms with Gasteiger partial charge in [0.15, 0.2) is 0 Å². The molecule has 0 aliphatic carbocycles. The first-order valence-corrected chi connectivity index (χ1v) is 5.76. The highest BCUT2D eigenvalue weighted by Crippen LogP contribution is 2.10. The van der Waals surface area contributed by atoms with E-state index in [1.54, 1.807) is 11.3 Å². The van der Waals surface area contributed by atoms with E-state index in [-0.39, 0.29) is 0 Å². The van der Waals surface area contributed by atoms with Crippen LogP contribution in [0.4, 0.5) is 0 Å². The minimum Gasteiger partial charge on any atom is -0.375 e. The third kappa shape index (κ3) is 4.17. The van der Waals surface area contributed by atoms with E-state index in [0.717, 1.165) is 23.9 Å². The maximum Gasteiger partial charge on any atom is 0.107 e. The Bertz CT molecular complexity index is 260. The highest BCUT2D eigenvalue weighted by atomic mass is 32.1. The van der Waals surface area contributed by atoms with Crippen molar-refractivity contribution in [3.63, 3.8) is 0 Å². The zero-order valence-electron chi connectivity index (χ0n) is 9.04. The Kier molecular flexibility index (Phi) is 5.07. The largest absolute Gasteiger partial charge is 0.375 e. The van der Waals surface area contributed by atoms with Gasteiger partial charge >= 0.3 is 0 Å². The average molecular weight is 214 g/mol. The third-order valence-corrected chi connectivity index (χ3v) is 2.53. The summed E-state index contributed by atoms with van der Waals surface area (Å²) in [5.74, 6) is 0.588. The van der Waals surface area contributed by atoms with Crippen LogP contribution in [-0.2, 0) is 17.9 Å². The zero-order chi connectivity index (χ0) is 10.4. The van der Waals surface area contributed by atoms with Crippen LogP contribution in [0.25, 0.3) is 0 Å². The van der Waals surface area contributed by atoms with Crippen molar-refractivity contribution in [3.05, 3.63) is 16.1 Å². The summed E-state index contributed by atoms with van der Waals surface area (Å²) in [7, 11) is 1.93. The first kappa shape index (κ1) is 11.6. The fraction of sp³-hybridized carbons (Fsp3) is 0.700. The third-order valence-electron chi connectivity index (χ3n) is 1.63. The summed E-state index contributed by atoms with van der Waals surface area (Å²) < 4.78 is 5.50. The number of hydrogen-bond acceptors (Lipinski definition) is 4. The Labute approximate surface area is 89.5 Å². The lowest BCUT2D eigenvalue weighted by molar-refractivity contribution is 0.0950. The first-order valence-electron chi connectivity index (χ1n) is 4.88. The molecule has 0 unspecified atom stereocenters. The van der Waals surface area contributed by atoms with Crippen molar-refractivity contribution >= 4 is 11.3 Å². The Morgan fingerprint density at radius 2 is 2.36 bits per heavy atom. The molecular formula is C10H18N2OS. The number of aromatic nitrogens is 1. The molecule has 0 radical (unpaired) electrons. The van der Waals surface area contributed by atoms with E-state index in [0.29, 0.717) is 12.5 Å². The monoisotopic (exact) mass is 214 g/mol. The molecule has 0 aliphatic rings. The second-order valence-electron chi connectivity index (χ2n) is 3.67. The lowest BCUT2D eigenvalue weighted by atomic mass is 10.2. The van der Waals surface area contributed by atoms with Crippen molar-refractivity contribution in [2.75, 3.05) is 13.7 Å². The normalized spacial score (nSPS) is 11.1.